The highest BCUT2D eigenvalue weighted by Crippen LogP contribution is 2.37. The molecule has 0 aliphatic heterocycles. The summed E-state index contributed by atoms with van der Waals surface area (Å²) in [5.74, 6) is -0.589. The van der Waals surface area contributed by atoms with Gasteiger partial charge in [0.05, 0.1) is 27.6 Å². The minimum Gasteiger partial charge on any atom is -0.500 e. The van der Waals surface area contributed by atoms with E-state index in [4.69, 9.17) is 4.74 Å². The molecule has 2 aromatic heterocycles. The van der Waals surface area contributed by atoms with Gasteiger partial charge < -0.3 is 9.84 Å². The van der Waals surface area contributed by atoms with Crippen molar-refractivity contribution in [2.24, 2.45) is 0 Å². The molecular formula is C17H11N3O5S. The highest BCUT2D eigenvalue weighted by molar-refractivity contribution is 7.15. The Kier molecular flexibility index (Phi) is 3.58. The third kappa shape index (κ3) is 2.37. The van der Waals surface area contributed by atoms with E-state index in [0.717, 1.165) is 5.52 Å². The standard InChI is InChI=1S/C17H11N3O5S/c1-25-13-7-9(6-12(15(13)21)20(23)24)8-14-16(22)19-11-5-3-2-4-10(11)18-17(19)26-14/h2-8,21H,1H3/b14-8+. The number of nitrogens with zero attached hydrogens (tertiary/aromatic N) is 3. The number of benzene rings is 2. The molecule has 0 saturated carbocycles. The Labute approximate surface area is 149 Å². The number of phenolic OH excluding ortho intramolecular Hbond substituents is 1. The number of ether oxygens (including phenoxy) is 1. The van der Waals surface area contributed by atoms with Crippen LogP contribution in [0.2, 0.25) is 0 Å². The van der Waals surface area contributed by atoms with Crippen LogP contribution in [0, 0.1) is 10.1 Å². The Morgan fingerprint density at radius 1 is 1.35 bits per heavy atom. The SMILES string of the molecule is COc1cc(/C=c2/sc3nc4ccccc4n3c2=O)cc([N+](=O)[O-])c1O. The molecule has 0 amide bonds. The normalized spacial score (nSPS) is 12.1. The first-order valence-electron chi connectivity index (χ1n) is 7.46. The first-order chi connectivity index (χ1) is 12.5. The Morgan fingerprint density at radius 3 is 2.85 bits per heavy atom. The molecule has 26 heavy (non-hydrogen) atoms. The zero-order valence-electron chi connectivity index (χ0n) is 13.4. The molecule has 0 spiro atoms. The van der Waals surface area contributed by atoms with Crippen LogP contribution in [0.25, 0.3) is 22.1 Å². The Hall–Kier alpha value is -3.46. The lowest BCUT2D eigenvalue weighted by molar-refractivity contribution is -0.386. The van der Waals surface area contributed by atoms with Crippen LogP contribution < -0.4 is 14.8 Å². The van der Waals surface area contributed by atoms with E-state index >= 15 is 0 Å². The van der Waals surface area contributed by atoms with Gasteiger partial charge in [-0.1, -0.05) is 23.5 Å². The average molecular weight is 369 g/mol. The number of hydrogen-bond acceptors (Lipinski definition) is 7. The summed E-state index contributed by atoms with van der Waals surface area (Å²) in [6, 6.07) is 9.93. The number of rotatable bonds is 3. The molecule has 0 aliphatic carbocycles. The van der Waals surface area contributed by atoms with Gasteiger partial charge in [0.25, 0.3) is 5.56 Å². The van der Waals surface area contributed by atoms with Gasteiger partial charge in [0, 0.05) is 6.07 Å². The topological polar surface area (TPSA) is 107 Å². The lowest BCUT2D eigenvalue weighted by Gasteiger charge is -2.04. The second-order valence-electron chi connectivity index (χ2n) is 5.48. The van der Waals surface area contributed by atoms with Crippen molar-refractivity contribution >= 4 is 39.1 Å². The minimum atomic E-state index is -0.706. The second-order valence-corrected chi connectivity index (χ2v) is 6.49. The van der Waals surface area contributed by atoms with Crippen LogP contribution in [0.15, 0.2) is 41.2 Å². The van der Waals surface area contributed by atoms with Crippen molar-refractivity contribution in [3.05, 3.63) is 67.0 Å². The summed E-state index contributed by atoms with van der Waals surface area (Å²) in [5.41, 5.74) is 1.06. The number of aromatic hydroxyl groups is 1. The van der Waals surface area contributed by atoms with Crippen LogP contribution in [0.1, 0.15) is 5.56 Å². The molecule has 130 valence electrons. The fraction of sp³-hybridized carbons (Fsp3) is 0.0588. The van der Waals surface area contributed by atoms with Crippen molar-refractivity contribution in [2.45, 2.75) is 0 Å². The van der Waals surface area contributed by atoms with Crippen molar-refractivity contribution in [3.8, 4) is 11.5 Å². The highest BCUT2D eigenvalue weighted by atomic mass is 32.1. The number of para-hydroxylation sites is 2. The fourth-order valence-corrected chi connectivity index (χ4v) is 3.74. The highest BCUT2D eigenvalue weighted by Gasteiger charge is 2.19. The summed E-state index contributed by atoms with van der Waals surface area (Å²) in [4.78, 5) is 28.1. The molecular weight excluding hydrogens is 358 g/mol. The summed E-state index contributed by atoms with van der Waals surface area (Å²) in [5, 5.41) is 21.0. The van der Waals surface area contributed by atoms with E-state index in [1.807, 2.05) is 24.3 Å². The quantitative estimate of drug-likeness (QED) is 0.438. The monoisotopic (exact) mass is 369 g/mol. The Balaban J connectivity index is 1.97. The zero-order valence-corrected chi connectivity index (χ0v) is 14.2. The van der Waals surface area contributed by atoms with Crippen LogP contribution in [-0.4, -0.2) is 26.5 Å². The van der Waals surface area contributed by atoms with Gasteiger partial charge in [-0.05, 0) is 29.8 Å². The number of thiazole rings is 1. The summed E-state index contributed by atoms with van der Waals surface area (Å²) >= 11 is 1.19. The number of aromatic nitrogens is 2. The van der Waals surface area contributed by atoms with Gasteiger partial charge in [-0.25, -0.2) is 9.38 Å². The summed E-state index contributed by atoms with van der Waals surface area (Å²) in [7, 11) is 1.30. The van der Waals surface area contributed by atoms with Crippen molar-refractivity contribution < 1.29 is 14.8 Å². The number of fused-ring (bicyclic) bond motifs is 3. The Morgan fingerprint density at radius 2 is 2.12 bits per heavy atom. The number of nitro benzene ring substituents is 1. The number of phenols is 1. The van der Waals surface area contributed by atoms with Gasteiger partial charge in [0.1, 0.15) is 0 Å². The van der Waals surface area contributed by atoms with Gasteiger partial charge in [-0.15, -0.1) is 0 Å². The van der Waals surface area contributed by atoms with Gasteiger partial charge in [-0.3, -0.25) is 14.9 Å². The third-order valence-electron chi connectivity index (χ3n) is 3.94. The lowest BCUT2D eigenvalue weighted by Crippen LogP contribution is -2.22. The summed E-state index contributed by atoms with van der Waals surface area (Å²) < 4.78 is 6.87. The molecule has 2 aromatic carbocycles. The predicted octanol–water partition coefficient (Wildman–Crippen LogP) is 2.08. The van der Waals surface area contributed by atoms with Crippen molar-refractivity contribution in [1.29, 1.82) is 0 Å². The van der Waals surface area contributed by atoms with E-state index in [-0.39, 0.29) is 11.3 Å². The molecule has 1 N–H and O–H groups in total. The van der Waals surface area contributed by atoms with E-state index in [2.05, 4.69) is 4.98 Å². The fourth-order valence-electron chi connectivity index (χ4n) is 2.76. The van der Waals surface area contributed by atoms with Crippen molar-refractivity contribution in [3.63, 3.8) is 0 Å². The van der Waals surface area contributed by atoms with Gasteiger partial charge >= 0.3 is 5.69 Å². The van der Waals surface area contributed by atoms with E-state index in [0.29, 0.717) is 20.6 Å². The molecule has 0 atom stereocenters. The molecule has 2 heterocycles. The predicted molar refractivity (Wildman–Crippen MR) is 96.9 cm³/mol. The first kappa shape index (κ1) is 16.0. The van der Waals surface area contributed by atoms with E-state index in [1.54, 1.807) is 0 Å². The van der Waals surface area contributed by atoms with Crippen LogP contribution in [-0.2, 0) is 0 Å². The second kappa shape index (κ2) is 5.81. The van der Waals surface area contributed by atoms with Gasteiger partial charge in [0.2, 0.25) is 5.75 Å². The maximum atomic E-state index is 12.7. The molecule has 0 radical (unpaired) electrons. The van der Waals surface area contributed by atoms with Crippen molar-refractivity contribution in [1.82, 2.24) is 9.38 Å². The van der Waals surface area contributed by atoms with Crippen LogP contribution in [0.3, 0.4) is 0 Å². The maximum Gasteiger partial charge on any atom is 0.315 e. The number of nitro groups is 1. The summed E-state index contributed by atoms with van der Waals surface area (Å²) in [6.45, 7) is 0. The molecule has 8 nitrogen and oxygen atoms in total. The van der Waals surface area contributed by atoms with E-state index in [1.165, 1.54) is 41.1 Å². The van der Waals surface area contributed by atoms with Crippen LogP contribution >= 0.6 is 11.3 Å². The first-order valence-corrected chi connectivity index (χ1v) is 8.28. The number of hydrogen-bond donors (Lipinski definition) is 1. The van der Waals surface area contributed by atoms with Crippen LogP contribution in [0.5, 0.6) is 11.5 Å². The number of imidazole rings is 1. The molecule has 9 heteroatoms. The average Bonchev–Trinajstić information content (AvgIpc) is 3.12. The molecule has 0 aliphatic rings. The molecule has 0 fully saturated rings. The smallest absolute Gasteiger partial charge is 0.315 e. The molecule has 0 bridgehead atoms. The maximum absolute atomic E-state index is 12.7. The molecule has 4 rings (SSSR count). The summed E-state index contributed by atoms with van der Waals surface area (Å²) in [6.07, 6.45) is 1.52. The third-order valence-corrected chi connectivity index (χ3v) is 4.91. The molecule has 4 aromatic rings. The van der Waals surface area contributed by atoms with Crippen molar-refractivity contribution in [2.75, 3.05) is 7.11 Å². The largest absolute Gasteiger partial charge is 0.500 e. The number of methoxy groups -OCH3 is 1. The lowest BCUT2D eigenvalue weighted by atomic mass is 10.1. The molecule has 0 unspecified atom stereocenters. The van der Waals surface area contributed by atoms with E-state index < -0.39 is 16.4 Å². The van der Waals surface area contributed by atoms with Gasteiger partial charge in [-0.2, -0.15) is 0 Å². The zero-order chi connectivity index (χ0) is 18.4. The van der Waals surface area contributed by atoms with E-state index in [9.17, 15) is 20.0 Å². The van der Waals surface area contributed by atoms with Gasteiger partial charge in [0.15, 0.2) is 10.7 Å². The Bertz CT molecular complexity index is 1290. The van der Waals surface area contributed by atoms with Crippen LogP contribution in [0.4, 0.5) is 5.69 Å². The minimum absolute atomic E-state index is 0.0373. The molecule has 0 saturated heterocycles.